The third-order valence-corrected chi connectivity index (χ3v) is 5.05. The zero-order chi connectivity index (χ0) is 14.3. The van der Waals surface area contributed by atoms with Gasteiger partial charge in [-0.25, -0.2) is 0 Å². The molecule has 1 aromatic carbocycles. The van der Waals surface area contributed by atoms with E-state index in [0.29, 0.717) is 12.1 Å². The van der Waals surface area contributed by atoms with Crippen LogP contribution in [-0.2, 0) is 11.2 Å². The van der Waals surface area contributed by atoms with E-state index in [1.165, 1.54) is 23.1 Å². The number of nitrogens with zero attached hydrogens (tertiary/aromatic N) is 3. The second-order valence-corrected chi connectivity index (χ2v) is 6.86. The van der Waals surface area contributed by atoms with Crippen LogP contribution in [0.4, 0.5) is 16.5 Å². The summed E-state index contributed by atoms with van der Waals surface area (Å²) in [6.07, 6.45) is 0.397. The number of nitrogen functional groups attached to an aromatic ring is 1. The molecule has 0 aliphatic carbocycles. The lowest BCUT2D eigenvalue weighted by molar-refractivity contribution is -0.115. The van der Waals surface area contributed by atoms with E-state index in [4.69, 9.17) is 5.73 Å². The summed E-state index contributed by atoms with van der Waals surface area (Å²) in [4.78, 5) is 14.2. The minimum atomic E-state index is 0.00681. The molecule has 2 aromatic rings. The SMILES string of the molecule is CN(C)c1nnc(Sc2cc3c(cc2N)CC(=O)N3)s1. The molecule has 1 aliphatic rings. The number of carbonyl (C=O) groups excluding carboxylic acids is 1. The minimum absolute atomic E-state index is 0.00681. The topological polar surface area (TPSA) is 84.1 Å². The predicted octanol–water partition coefficient (Wildman–Crippen LogP) is 1.83. The van der Waals surface area contributed by atoms with Crippen molar-refractivity contribution in [2.75, 3.05) is 30.0 Å². The maximum atomic E-state index is 11.4. The van der Waals surface area contributed by atoms with Crippen molar-refractivity contribution in [3.05, 3.63) is 17.7 Å². The van der Waals surface area contributed by atoms with Gasteiger partial charge in [0.2, 0.25) is 11.0 Å². The van der Waals surface area contributed by atoms with Gasteiger partial charge in [-0.05, 0) is 17.7 Å². The van der Waals surface area contributed by atoms with E-state index in [0.717, 1.165) is 25.6 Å². The molecule has 6 nitrogen and oxygen atoms in total. The molecular weight excluding hydrogens is 294 g/mol. The monoisotopic (exact) mass is 307 g/mol. The van der Waals surface area contributed by atoms with Crippen molar-refractivity contribution >= 4 is 45.5 Å². The number of hydrogen-bond acceptors (Lipinski definition) is 7. The molecule has 1 aliphatic heterocycles. The second-order valence-electron chi connectivity index (χ2n) is 4.62. The Kier molecular flexibility index (Phi) is 3.27. The van der Waals surface area contributed by atoms with Gasteiger partial charge in [0, 0.05) is 30.4 Å². The average molecular weight is 307 g/mol. The van der Waals surface area contributed by atoms with Gasteiger partial charge in [-0.3, -0.25) is 4.79 Å². The van der Waals surface area contributed by atoms with Gasteiger partial charge in [-0.15, -0.1) is 10.2 Å². The fourth-order valence-corrected chi connectivity index (χ4v) is 3.67. The number of nitrogens with two attached hydrogens (primary N) is 1. The van der Waals surface area contributed by atoms with Crippen LogP contribution in [-0.4, -0.2) is 30.2 Å². The van der Waals surface area contributed by atoms with Gasteiger partial charge in [0.05, 0.1) is 6.42 Å². The standard InChI is InChI=1S/C12H13N5OS2/c1-17(2)11-15-16-12(20-11)19-9-5-8-6(3-7(9)13)4-10(18)14-8/h3,5H,4,13H2,1-2H3,(H,14,18). The minimum Gasteiger partial charge on any atom is -0.398 e. The normalized spacial score (nSPS) is 13.2. The maximum absolute atomic E-state index is 11.4. The van der Waals surface area contributed by atoms with Crippen LogP contribution in [0.25, 0.3) is 0 Å². The molecule has 3 N–H and O–H groups in total. The van der Waals surface area contributed by atoms with E-state index in [9.17, 15) is 4.79 Å². The van der Waals surface area contributed by atoms with E-state index in [-0.39, 0.29) is 5.91 Å². The number of amides is 1. The number of aromatic nitrogens is 2. The van der Waals surface area contributed by atoms with E-state index in [1.807, 2.05) is 31.1 Å². The number of carbonyl (C=O) groups is 1. The Labute approximate surface area is 124 Å². The summed E-state index contributed by atoms with van der Waals surface area (Å²) in [5.74, 6) is 0.00681. The Balaban J connectivity index is 1.87. The molecule has 0 fully saturated rings. The zero-order valence-electron chi connectivity index (χ0n) is 11.0. The molecule has 0 bridgehead atoms. The van der Waals surface area contributed by atoms with Crippen LogP contribution in [0.15, 0.2) is 21.4 Å². The Morgan fingerprint density at radius 1 is 1.40 bits per heavy atom. The van der Waals surface area contributed by atoms with Crippen LogP contribution < -0.4 is 16.0 Å². The zero-order valence-corrected chi connectivity index (χ0v) is 12.6. The van der Waals surface area contributed by atoms with Crippen molar-refractivity contribution in [1.29, 1.82) is 0 Å². The first-order valence-electron chi connectivity index (χ1n) is 5.94. The molecule has 8 heteroatoms. The van der Waals surface area contributed by atoms with E-state index < -0.39 is 0 Å². The highest BCUT2D eigenvalue weighted by molar-refractivity contribution is 8.01. The third kappa shape index (κ3) is 2.44. The van der Waals surface area contributed by atoms with Gasteiger partial charge in [0.15, 0.2) is 4.34 Å². The van der Waals surface area contributed by atoms with Crippen molar-refractivity contribution < 1.29 is 4.79 Å². The molecule has 104 valence electrons. The summed E-state index contributed by atoms with van der Waals surface area (Å²) in [6.45, 7) is 0. The first-order chi connectivity index (χ1) is 9.52. The van der Waals surface area contributed by atoms with Crippen LogP contribution in [0.2, 0.25) is 0 Å². The summed E-state index contributed by atoms with van der Waals surface area (Å²) in [7, 11) is 3.85. The molecule has 1 aromatic heterocycles. The van der Waals surface area contributed by atoms with Gasteiger partial charge < -0.3 is 16.0 Å². The van der Waals surface area contributed by atoms with Gasteiger partial charge in [0.1, 0.15) is 0 Å². The number of anilines is 3. The van der Waals surface area contributed by atoms with E-state index >= 15 is 0 Å². The highest BCUT2D eigenvalue weighted by Crippen LogP contribution is 2.39. The van der Waals surface area contributed by atoms with Crippen LogP contribution >= 0.6 is 23.1 Å². The smallest absolute Gasteiger partial charge is 0.228 e. The van der Waals surface area contributed by atoms with Crippen LogP contribution in [0.5, 0.6) is 0 Å². The molecule has 0 spiro atoms. The van der Waals surface area contributed by atoms with Crippen molar-refractivity contribution in [3.8, 4) is 0 Å². The Morgan fingerprint density at radius 2 is 2.20 bits per heavy atom. The summed E-state index contributed by atoms with van der Waals surface area (Å²) in [6, 6.07) is 3.75. The summed E-state index contributed by atoms with van der Waals surface area (Å²) in [5.41, 5.74) is 8.48. The lowest BCUT2D eigenvalue weighted by Gasteiger charge is -2.06. The van der Waals surface area contributed by atoms with Gasteiger partial charge in [-0.2, -0.15) is 0 Å². The highest BCUT2D eigenvalue weighted by atomic mass is 32.2. The first kappa shape index (κ1) is 13.2. The molecule has 0 unspecified atom stereocenters. The second kappa shape index (κ2) is 4.95. The maximum Gasteiger partial charge on any atom is 0.228 e. The number of nitrogens with one attached hydrogen (secondary N) is 1. The molecule has 1 amide bonds. The van der Waals surface area contributed by atoms with Gasteiger partial charge >= 0.3 is 0 Å². The van der Waals surface area contributed by atoms with E-state index in [1.54, 1.807) is 0 Å². The summed E-state index contributed by atoms with van der Waals surface area (Å²) >= 11 is 2.96. The Morgan fingerprint density at radius 3 is 2.90 bits per heavy atom. The predicted molar refractivity (Wildman–Crippen MR) is 81.5 cm³/mol. The summed E-state index contributed by atoms with van der Waals surface area (Å²) < 4.78 is 0.824. The molecule has 0 radical (unpaired) electrons. The van der Waals surface area contributed by atoms with Crippen LogP contribution in [0.1, 0.15) is 5.56 Å². The largest absolute Gasteiger partial charge is 0.398 e. The van der Waals surface area contributed by atoms with Crippen molar-refractivity contribution in [1.82, 2.24) is 10.2 Å². The lowest BCUT2D eigenvalue weighted by Crippen LogP contribution is -2.07. The Hall–Kier alpha value is -1.80. The quantitative estimate of drug-likeness (QED) is 0.842. The van der Waals surface area contributed by atoms with Crippen molar-refractivity contribution in [2.45, 2.75) is 15.7 Å². The highest BCUT2D eigenvalue weighted by Gasteiger charge is 2.20. The number of benzene rings is 1. The summed E-state index contributed by atoms with van der Waals surface area (Å²) in [5, 5.41) is 11.9. The van der Waals surface area contributed by atoms with Gasteiger partial charge in [-0.1, -0.05) is 23.1 Å². The van der Waals surface area contributed by atoms with E-state index in [2.05, 4.69) is 15.5 Å². The first-order valence-corrected chi connectivity index (χ1v) is 7.57. The molecule has 0 saturated carbocycles. The van der Waals surface area contributed by atoms with Crippen molar-refractivity contribution in [3.63, 3.8) is 0 Å². The van der Waals surface area contributed by atoms with Crippen LogP contribution in [0.3, 0.4) is 0 Å². The molecular formula is C12H13N5OS2. The Bertz CT molecular complexity index is 682. The number of rotatable bonds is 3. The molecule has 2 heterocycles. The molecule has 20 heavy (non-hydrogen) atoms. The van der Waals surface area contributed by atoms with Gasteiger partial charge in [0.25, 0.3) is 0 Å². The van der Waals surface area contributed by atoms with Crippen LogP contribution in [0, 0.1) is 0 Å². The average Bonchev–Trinajstić information content (AvgIpc) is 2.95. The third-order valence-electron chi connectivity index (χ3n) is 2.84. The molecule has 0 saturated heterocycles. The fraction of sp³-hybridized carbons (Fsp3) is 0.250. The molecule has 3 rings (SSSR count). The number of hydrogen-bond donors (Lipinski definition) is 2. The van der Waals surface area contributed by atoms with Crippen molar-refractivity contribution in [2.24, 2.45) is 0 Å². The lowest BCUT2D eigenvalue weighted by atomic mass is 10.1. The molecule has 0 atom stereocenters. The number of fused-ring (bicyclic) bond motifs is 1. The fourth-order valence-electron chi connectivity index (χ4n) is 1.88.